The predicted molar refractivity (Wildman–Crippen MR) is 102 cm³/mol. The van der Waals surface area contributed by atoms with E-state index in [4.69, 9.17) is 0 Å². The van der Waals surface area contributed by atoms with Gasteiger partial charge in [0.25, 0.3) is 0 Å². The van der Waals surface area contributed by atoms with Crippen LogP contribution in [0.15, 0.2) is 53.4 Å². The third-order valence-corrected chi connectivity index (χ3v) is 6.75. The Morgan fingerprint density at radius 1 is 1.04 bits per heavy atom. The lowest BCUT2D eigenvalue weighted by molar-refractivity contribution is -0.116. The van der Waals surface area contributed by atoms with Gasteiger partial charge in [0.1, 0.15) is 11.6 Å². The SMILES string of the molecule is O=C(CN(C1CCCCC1)S(=O)(=O)c1ccccc1)Nc1ccc(F)cc1F. The minimum absolute atomic E-state index is 0.112. The third-order valence-electron chi connectivity index (χ3n) is 4.84. The van der Waals surface area contributed by atoms with Crippen molar-refractivity contribution in [1.29, 1.82) is 0 Å². The smallest absolute Gasteiger partial charge is 0.243 e. The number of nitrogens with one attached hydrogen (secondary N) is 1. The van der Waals surface area contributed by atoms with Crippen LogP contribution in [-0.4, -0.2) is 31.2 Å². The summed E-state index contributed by atoms with van der Waals surface area (Å²) in [5, 5.41) is 2.34. The molecule has 1 N–H and O–H groups in total. The number of rotatable bonds is 6. The summed E-state index contributed by atoms with van der Waals surface area (Å²) >= 11 is 0. The van der Waals surface area contributed by atoms with Gasteiger partial charge in [-0.15, -0.1) is 0 Å². The molecule has 0 aliphatic heterocycles. The van der Waals surface area contributed by atoms with Crippen LogP contribution in [0.25, 0.3) is 0 Å². The third kappa shape index (κ3) is 4.74. The highest BCUT2D eigenvalue weighted by molar-refractivity contribution is 7.89. The maximum atomic E-state index is 13.8. The van der Waals surface area contributed by atoms with E-state index in [9.17, 15) is 22.0 Å². The van der Waals surface area contributed by atoms with Gasteiger partial charge in [0, 0.05) is 12.1 Å². The van der Waals surface area contributed by atoms with Crippen LogP contribution in [0.1, 0.15) is 32.1 Å². The summed E-state index contributed by atoms with van der Waals surface area (Å²) in [4.78, 5) is 12.6. The highest BCUT2D eigenvalue weighted by Crippen LogP contribution is 2.28. The second-order valence-corrected chi connectivity index (χ2v) is 8.72. The second kappa shape index (κ2) is 8.79. The van der Waals surface area contributed by atoms with E-state index in [0.717, 1.165) is 31.4 Å². The Morgan fingerprint density at radius 2 is 1.71 bits per heavy atom. The minimum Gasteiger partial charge on any atom is -0.322 e. The van der Waals surface area contributed by atoms with E-state index < -0.39 is 34.1 Å². The molecule has 0 aromatic heterocycles. The number of hydrogen-bond donors (Lipinski definition) is 1. The lowest BCUT2D eigenvalue weighted by atomic mass is 9.95. The number of anilines is 1. The number of halogens is 2. The zero-order valence-corrected chi connectivity index (χ0v) is 16.1. The van der Waals surface area contributed by atoms with Crippen LogP contribution in [0, 0.1) is 11.6 Å². The Hall–Kier alpha value is -2.32. The van der Waals surface area contributed by atoms with Crippen LogP contribution < -0.4 is 5.32 Å². The second-order valence-electron chi connectivity index (χ2n) is 6.83. The average molecular weight is 408 g/mol. The van der Waals surface area contributed by atoms with Crippen molar-refractivity contribution in [1.82, 2.24) is 4.31 Å². The van der Waals surface area contributed by atoms with Crippen LogP contribution >= 0.6 is 0 Å². The lowest BCUT2D eigenvalue weighted by Gasteiger charge is -2.33. The quantitative estimate of drug-likeness (QED) is 0.788. The molecule has 1 amide bonds. The first-order chi connectivity index (χ1) is 13.4. The molecule has 1 aliphatic carbocycles. The molecule has 2 aromatic carbocycles. The van der Waals surface area contributed by atoms with Crippen LogP contribution in [0.3, 0.4) is 0 Å². The predicted octanol–water partition coefficient (Wildman–Crippen LogP) is 3.93. The summed E-state index contributed by atoms with van der Waals surface area (Å²) in [7, 11) is -3.89. The Balaban J connectivity index is 1.83. The summed E-state index contributed by atoms with van der Waals surface area (Å²) in [6.45, 7) is -0.432. The lowest BCUT2D eigenvalue weighted by Crippen LogP contribution is -2.45. The molecule has 1 aliphatic rings. The van der Waals surface area contributed by atoms with Crippen molar-refractivity contribution in [3.8, 4) is 0 Å². The van der Waals surface area contributed by atoms with E-state index >= 15 is 0 Å². The summed E-state index contributed by atoms with van der Waals surface area (Å²) in [5.41, 5.74) is -0.188. The molecular formula is C20H22F2N2O3S. The van der Waals surface area contributed by atoms with Crippen LogP contribution in [-0.2, 0) is 14.8 Å². The average Bonchev–Trinajstić information content (AvgIpc) is 2.69. The molecule has 150 valence electrons. The van der Waals surface area contributed by atoms with Crippen molar-refractivity contribution in [3.63, 3.8) is 0 Å². The molecule has 28 heavy (non-hydrogen) atoms. The van der Waals surface area contributed by atoms with Crippen molar-refractivity contribution in [2.24, 2.45) is 0 Å². The number of carbonyl (C=O) groups is 1. The molecular weight excluding hydrogens is 386 g/mol. The number of nitrogens with zero attached hydrogens (tertiary/aromatic N) is 1. The Bertz CT molecular complexity index is 930. The topological polar surface area (TPSA) is 66.5 Å². The van der Waals surface area contributed by atoms with E-state index in [-0.39, 0.29) is 16.6 Å². The van der Waals surface area contributed by atoms with Crippen LogP contribution in [0.2, 0.25) is 0 Å². The van der Waals surface area contributed by atoms with E-state index in [0.29, 0.717) is 18.9 Å². The van der Waals surface area contributed by atoms with Gasteiger partial charge in [0.2, 0.25) is 15.9 Å². The highest BCUT2D eigenvalue weighted by atomic mass is 32.2. The fourth-order valence-corrected chi connectivity index (χ4v) is 5.09. The molecule has 0 radical (unpaired) electrons. The van der Waals surface area contributed by atoms with Crippen molar-refractivity contribution in [3.05, 3.63) is 60.2 Å². The van der Waals surface area contributed by atoms with Crippen LogP contribution in [0.5, 0.6) is 0 Å². The van der Waals surface area contributed by atoms with Crippen molar-refractivity contribution >= 4 is 21.6 Å². The normalized spacial score (nSPS) is 15.5. The van der Waals surface area contributed by atoms with Crippen molar-refractivity contribution < 1.29 is 22.0 Å². The van der Waals surface area contributed by atoms with Crippen LogP contribution in [0.4, 0.5) is 14.5 Å². The largest absolute Gasteiger partial charge is 0.322 e. The first-order valence-corrected chi connectivity index (χ1v) is 10.6. The molecule has 0 atom stereocenters. The maximum absolute atomic E-state index is 13.8. The van der Waals surface area contributed by atoms with E-state index in [1.54, 1.807) is 18.2 Å². The van der Waals surface area contributed by atoms with Gasteiger partial charge in [-0.2, -0.15) is 4.31 Å². The zero-order valence-electron chi connectivity index (χ0n) is 15.3. The summed E-state index contributed by atoms with van der Waals surface area (Å²) in [6, 6.07) is 10.5. The Kier molecular flexibility index (Phi) is 6.41. The van der Waals surface area contributed by atoms with E-state index in [1.165, 1.54) is 16.4 Å². The zero-order chi connectivity index (χ0) is 20.1. The van der Waals surface area contributed by atoms with E-state index in [1.807, 2.05) is 0 Å². The minimum atomic E-state index is -3.89. The highest BCUT2D eigenvalue weighted by Gasteiger charge is 2.34. The summed E-state index contributed by atoms with van der Waals surface area (Å²) in [5.74, 6) is -2.34. The molecule has 0 saturated heterocycles. The first kappa shape index (κ1) is 20.4. The number of amides is 1. The maximum Gasteiger partial charge on any atom is 0.243 e. The Labute approximate surface area is 163 Å². The number of hydrogen-bond acceptors (Lipinski definition) is 3. The standard InChI is InChI=1S/C20H22F2N2O3S/c21-15-11-12-19(18(22)13-15)23-20(25)14-24(16-7-3-1-4-8-16)28(26,27)17-9-5-2-6-10-17/h2,5-6,9-13,16H,1,3-4,7-8,14H2,(H,23,25). The monoisotopic (exact) mass is 408 g/mol. The van der Waals surface area contributed by atoms with Gasteiger partial charge < -0.3 is 5.32 Å². The number of carbonyl (C=O) groups excluding carboxylic acids is 1. The molecule has 1 saturated carbocycles. The molecule has 8 heteroatoms. The van der Waals surface area contributed by atoms with Crippen molar-refractivity contribution in [2.45, 2.75) is 43.0 Å². The molecule has 5 nitrogen and oxygen atoms in total. The summed E-state index contributed by atoms with van der Waals surface area (Å²) in [6.07, 6.45) is 4.15. The molecule has 0 bridgehead atoms. The van der Waals surface area contributed by atoms with Gasteiger partial charge in [-0.25, -0.2) is 17.2 Å². The van der Waals surface area contributed by atoms with Gasteiger partial charge in [0.15, 0.2) is 0 Å². The molecule has 0 spiro atoms. The van der Waals surface area contributed by atoms with Gasteiger partial charge >= 0.3 is 0 Å². The van der Waals surface area contributed by atoms with Gasteiger partial charge in [-0.05, 0) is 37.1 Å². The molecule has 3 rings (SSSR count). The van der Waals surface area contributed by atoms with Gasteiger partial charge in [0.05, 0.1) is 17.1 Å². The van der Waals surface area contributed by atoms with Crippen molar-refractivity contribution in [2.75, 3.05) is 11.9 Å². The van der Waals surface area contributed by atoms with E-state index in [2.05, 4.69) is 5.32 Å². The Morgan fingerprint density at radius 3 is 2.36 bits per heavy atom. The fourth-order valence-electron chi connectivity index (χ4n) is 3.43. The number of sulfonamides is 1. The number of benzene rings is 2. The molecule has 1 fully saturated rings. The van der Waals surface area contributed by atoms with Gasteiger partial charge in [-0.1, -0.05) is 37.5 Å². The first-order valence-electron chi connectivity index (χ1n) is 9.20. The molecule has 0 heterocycles. The fraction of sp³-hybridized carbons (Fsp3) is 0.350. The molecule has 0 unspecified atom stereocenters. The summed E-state index contributed by atoms with van der Waals surface area (Å²) < 4.78 is 54.4. The van der Waals surface area contributed by atoms with Gasteiger partial charge in [-0.3, -0.25) is 4.79 Å². The molecule has 2 aromatic rings.